The smallest absolute Gasteiger partial charge is 0.267 e. The Bertz CT molecular complexity index is 1290. The molecule has 0 unspecified atom stereocenters. The molecule has 29 heavy (non-hydrogen) atoms. The van der Waals surface area contributed by atoms with Gasteiger partial charge in [0, 0.05) is 17.7 Å². The first-order valence-electron chi connectivity index (χ1n) is 8.54. The molecule has 0 saturated carbocycles. The quantitative estimate of drug-likeness (QED) is 0.421. The van der Waals surface area contributed by atoms with Crippen molar-refractivity contribution in [2.75, 3.05) is 5.43 Å². The summed E-state index contributed by atoms with van der Waals surface area (Å²) in [5, 5.41) is 15.2. The van der Waals surface area contributed by atoms with Crippen LogP contribution in [-0.4, -0.2) is 30.3 Å². The predicted octanol–water partition coefficient (Wildman–Crippen LogP) is 2.18. The molecule has 4 aromatic rings. The Morgan fingerprint density at radius 3 is 2.45 bits per heavy atom. The van der Waals surface area contributed by atoms with Crippen molar-refractivity contribution < 1.29 is 9.72 Å². The Morgan fingerprint density at radius 1 is 1.10 bits per heavy atom. The second-order valence-electron chi connectivity index (χ2n) is 6.17. The maximum Gasteiger partial charge on any atom is 0.283 e. The summed E-state index contributed by atoms with van der Waals surface area (Å²) in [7, 11) is 0. The summed E-state index contributed by atoms with van der Waals surface area (Å²) in [6.07, 6.45) is 1.39. The number of hydrogen-bond acceptors (Lipinski definition) is 6. The van der Waals surface area contributed by atoms with E-state index < -0.39 is 16.4 Å². The molecule has 0 bridgehead atoms. The van der Waals surface area contributed by atoms with Crippen LogP contribution in [0.1, 0.15) is 16.2 Å². The van der Waals surface area contributed by atoms with Gasteiger partial charge in [-0.2, -0.15) is 5.10 Å². The number of para-hydroxylation sites is 1. The molecule has 0 aliphatic carbocycles. The number of non-ortho nitro benzene ring substituents is 1. The highest BCUT2D eigenvalue weighted by atomic mass is 16.6. The lowest BCUT2D eigenvalue weighted by atomic mass is 10.2. The second-order valence-corrected chi connectivity index (χ2v) is 6.17. The normalized spacial score (nSPS) is 10.8. The van der Waals surface area contributed by atoms with Crippen LogP contribution in [0.3, 0.4) is 0 Å². The van der Waals surface area contributed by atoms with Crippen molar-refractivity contribution in [1.29, 1.82) is 0 Å². The molecule has 2 aromatic heterocycles. The molecule has 0 aliphatic heterocycles. The number of nitro benzene ring substituents is 1. The van der Waals surface area contributed by atoms with E-state index in [1.165, 1.54) is 30.5 Å². The lowest BCUT2D eigenvalue weighted by Gasteiger charge is -2.11. The minimum atomic E-state index is -0.596. The maximum atomic E-state index is 12.9. The average Bonchev–Trinajstić information content (AvgIpc) is 3.15. The number of carbonyl (C=O) groups excluding carboxylic acids is 1. The third-order valence-corrected chi connectivity index (χ3v) is 4.32. The van der Waals surface area contributed by atoms with E-state index in [1.54, 1.807) is 11.6 Å². The molecule has 4 rings (SSSR count). The molecule has 1 N–H and O–H groups in total. The van der Waals surface area contributed by atoms with Gasteiger partial charge in [0.1, 0.15) is 11.2 Å². The van der Waals surface area contributed by atoms with Crippen LogP contribution in [-0.2, 0) is 0 Å². The van der Waals surface area contributed by atoms with Gasteiger partial charge in [0.25, 0.3) is 17.2 Å². The Kier molecular flexibility index (Phi) is 4.36. The van der Waals surface area contributed by atoms with Crippen LogP contribution in [0.15, 0.2) is 65.6 Å². The van der Waals surface area contributed by atoms with Crippen molar-refractivity contribution in [3.63, 3.8) is 0 Å². The van der Waals surface area contributed by atoms with Crippen LogP contribution in [0.4, 0.5) is 5.69 Å². The van der Waals surface area contributed by atoms with E-state index in [0.717, 1.165) is 10.4 Å². The van der Waals surface area contributed by atoms with Crippen molar-refractivity contribution in [1.82, 2.24) is 19.4 Å². The van der Waals surface area contributed by atoms with E-state index in [2.05, 4.69) is 15.5 Å². The summed E-state index contributed by atoms with van der Waals surface area (Å²) in [5.41, 5.74) is 3.16. The Labute approximate surface area is 163 Å². The molecule has 0 saturated heterocycles. The molecule has 0 radical (unpaired) electrons. The lowest BCUT2D eigenvalue weighted by Crippen LogP contribution is -2.35. The Balaban J connectivity index is 1.70. The van der Waals surface area contributed by atoms with E-state index in [9.17, 15) is 19.7 Å². The molecule has 10 heteroatoms. The molecule has 144 valence electrons. The molecule has 0 spiro atoms. The van der Waals surface area contributed by atoms with Gasteiger partial charge in [-0.3, -0.25) is 25.1 Å². The summed E-state index contributed by atoms with van der Waals surface area (Å²) in [6, 6.07) is 14.3. The monoisotopic (exact) mass is 390 g/mol. The number of benzene rings is 2. The number of rotatable bonds is 4. The lowest BCUT2D eigenvalue weighted by molar-refractivity contribution is -0.384. The first-order chi connectivity index (χ1) is 14.0. The molecular formula is C19H14N6O4. The highest BCUT2D eigenvalue weighted by Crippen LogP contribution is 2.15. The Morgan fingerprint density at radius 2 is 1.79 bits per heavy atom. The number of aryl methyl sites for hydroxylation is 1. The van der Waals surface area contributed by atoms with Crippen molar-refractivity contribution in [3.8, 4) is 5.69 Å². The van der Waals surface area contributed by atoms with Crippen LogP contribution in [0.2, 0.25) is 0 Å². The predicted molar refractivity (Wildman–Crippen MR) is 105 cm³/mol. The zero-order valence-corrected chi connectivity index (χ0v) is 15.1. The van der Waals surface area contributed by atoms with Crippen molar-refractivity contribution in [2.45, 2.75) is 6.92 Å². The van der Waals surface area contributed by atoms with Gasteiger partial charge in [-0.25, -0.2) is 14.3 Å². The molecule has 1 amide bonds. The molecule has 10 nitrogen and oxygen atoms in total. The number of fused-ring (bicyclic) bond motifs is 1. The number of amides is 1. The SMILES string of the molecule is Cc1nc2c(cnn2-c2ccccc2)c(=O)n1NC(=O)c1ccc([N+](=O)[O-])cc1. The number of hydrogen-bond donors (Lipinski definition) is 1. The molecular weight excluding hydrogens is 376 g/mol. The van der Waals surface area contributed by atoms with Gasteiger partial charge in [0.2, 0.25) is 0 Å². The summed E-state index contributed by atoms with van der Waals surface area (Å²) < 4.78 is 2.58. The van der Waals surface area contributed by atoms with E-state index in [0.29, 0.717) is 5.65 Å². The van der Waals surface area contributed by atoms with Gasteiger partial charge >= 0.3 is 0 Å². The van der Waals surface area contributed by atoms with Gasteiger partial charge in [0.05, 0.1) is 16.8 Å². The van der Waals surface area contributed by atoms with E-state index in [4.69, 9.17) is 0 Å². The highest BCUT2D eigenvalue weighted by molar-refractivity contribution is 6.00. The van der Waals surface area contributed by atoms with Gasteiger partial charge in [-0.1, -0.05) is 18.2 Å². The number of aromatic nitrogens is 4. The summed E-state index contributed by atoms with van der Waals surface area (Å²) in [4.78, 5) is 39.9. The van der Waals surface area contributed by atoms with Crippen LogP contribution < -0.4 is 11.0 Å². The fourth-order valence-electron chi connectivity index (χ4n) is 2.86. The summed E-state index contributed by atoms with van der Waals surface area (Å²) >= 11 is 0. The third-order valence-electron chi connectivity index (χ3n) is 4.32. The van der Waals surface area contributed by atoms with Gasteiger partial charge < -0.3 is 0 Å². The number of nitrogens with zero attached hydrogens (tertiary/aromatic N) is 5. The van der Waals surface area contributed by atoms with E-state index in [1.807, 2.05) is 30.3 Å². The van der Waals surface area contributed by atoms with Crippen molar-refractivity contribution >= 4 is 22.6 Å². The van der Waals surface area contributed by atoms with Gasteiger partial charge in [-0.15, -0.1) is 0 Å². The summed E-state index contributed by atoms with van der Waals surface area (Å²) in [5.74, 6) is -0.336. The molecule has 2 aromatic carbocycles. The third kappa shape index (κ3) is 3.23. The van der Waals surface area contributed by atoms with Crippen molar-refractivity contribution in [2.24, 2.45) is 0 Å². The van der Waals surface area contributed by atoms with E-state index >= 15 is 0 Å². The fourth-order valence-corrected chi connectivity index (χ4v) is 2.86. The number of nitro groups is 1. The minimum absolute atomic E-state index is 0.133. The standard InChI is InChI=1S/C19H14N6O4/c1-12-21-17-16(11-20-24(17)14-5-3-2-4-6-14)19(27)23(12)22-18(26)13-7-9-15(10-8-13)25(28)29/h2-11H,1H3,(H,22,26). The van der Waals surface area contributed by atoms with Gasteiger partial charge in [0.15, 0.2) is 5.65 Å². The number of carbonyl (C=O) groups is 1. The maximum absolute atomic E-state index is 12.9. The van der Waals surface area contributed by atoms with Crippen LogP contribution in [0, 0.1) is 17.0 Å². The molecule has 0 fully saturated rings. The topological polar surface area (TPSA) is 125 Å². The summed E-state index contributed by atoms with van der Waals surface area (Å²) in [6.45, 7) is 1.58. The first-order valence-corrected chi connectivity index (χ1v) is 8.54. The number of nitrogens with one attached hydrogen (secondary N) is 1. The van der Waals surface area contributed by atoms with Crippen molar-refractivity contribution in [3.05, 3.63) is 92.7 Å². The zero-order valence-electron chi connectivity index (χ0n) is 15.1. The van der Waals surface area contributed by atoms with Gasteiger partial charge in [-0.05, 0) is 31.2 Å². The molecule has 0 atom stereocenters. The van der Waals surface area contributed by atoms with Crippen LogP contribution in [0.25, 0.3) is 16.7 Å². The minimum Gasteiger partial charge on any atom is -0.267 e. The second kappa shape index (κ2) is 7.00. The zero-order chi connectivity index (χ0) is 20.5. The highest BCUT2D eigenvalue weighted by Gasteiger charge is 2.16. The average molecular weight is 390 g/mol. The van der Waals surface area contributed by atoms with Crippen LogP contribution >= 0.6 is 0 Å². The largest absolute Gasteiger partial charge is 0.283 e. The first kappa shape index (κ1) is 18.0. The molecule has 0 aliphatic rings. The van der Waals surface area contributed by atoms with E-state index in [-0.39, 0.29) is 22.5 Å². The molecule has 2 heterocycles. The van der Waals surface area contributed by atoms with Crippen LogP contribution in [0.5, 0.6) is 0 Å². The Hall–Kier alpha value is -4.34. The fraction of sp³-hybridized carbons (Fsp3) is 0.0526.